The van der Waals surface area contributed by atoms with Crippen molar-refractivity contribution < 1.29 is 21.6 Å². The molecule has 1 aliphatic heterocycles. The van der Waals surface area contributed by atoms with E-state index in [-0.39, 0.29) is 5.25 Å². The van der Waals surface area contributed by atoms with Crippen molar-refractivity contribution in [1.29, 1.82) is 0 Å². The quantitative estimate of drug-likeness (QED) is 0.926. The molecule has 112 valence electrons. The van der Waals surface area contributed by atoms with Crippen LogP contribution in [0.5, 0.6) is 0 Å². The van der Waals surface area contributed by atoms with E-state index >= 15 is 0 Å². The molecular weight excluding hydrogens is 311 g/mol. The Hall–Kier alpha value is -0.730. The van der Waals surface area contributed by atoms with E-state index in [4.69, 9.17) is 0 Å². The van der Waals surface area contributed by atoms with E-state index in [0.717, 1.165) is 11.3 Å². The third-order valence-corrected chi connectivity index (χ3v) is 5.83. The normalized spacial score (nSPS) is 23.4. The van der Waals surface area contributed by atoms with Crippen molar-refractivity contribution >= 4 is 21.8 Å². The predicted molar refractivity (Wildman–Crippen MR) is 71.8 cm³/mol. The zero-order valence-corrected chi connectivity index (χ0v) is 12.3. The van der Waals surface area contributed by atoms with Gasteiger partial charge in [0.15, 0.2) is 0 Å². The summed E-state index contributed by atoms with van der Waals surface area (Å²) in [6, 6.07) is 6.12. The number of fused-ring (bicyclic) bond motifs is 1. The molecule has 2 rings (SSSR count). The van der Waals surface area contributed by atoms with Crippen molar-refractivity contribution in [2.75, 3.05) is 0 Å². The Morgan fingerprint density at radius 1 is 1.35 bits per heavy atom. The average molecular weight is 325 g/mol. The zero-order chi connectivity index (χ0) is 15.0. The number of thioether (sulfide) groups is 1. The van der Waals surface area contributed by atoms with Gasteiger partial charge >= 0.3 is 15.5 Å². The van der Waals surface area contributed by atoms with Gasteiger partial charge in [-0.1, -0.05) is 25.1 Å². The highest BCUT2D eigenvalue weighted by atomic mass is 32.2. The summed E-state index contributed by atoms with van der Waals surface area (Å²) in [5, 5.41) is 0.103. The van der Waals surface area contributed by atoms with E-state index in [1.54, 1.807) is 40.7 Å². The van der Waals surface area contributed by atoms with E-state index in [2.05, 4.69) is 0 Å². The Morgan fingerprint density at radius 2 is 2.00 bits per heavy atom. The number of alkyl halides is 3. The second kappa shape index (κ2) is 5.57. The Balaban J connectivity index is 2.32. The second-order valence-electron chi connectivity index (χ2n) is 4.54. The van der Waals surface area contributed by atoms with E-state index in [9.17, 15) is 21.6 Å². The highest BCUT2D eigenvalue weighted by molar-refractivity contribution is 8.00. The van der Waals surface area contributed by atoms with Crippen molar-refractivity contribution in [1.82, 2.24) is 4.72 Å². The van der Waals surface area contributed by atoms with Crippen LogP contribution < -0.4 is 4.72 Å². The Bertz CT molecular complexity index is 587. The topological polar surface area (TPSA) is 46.2 Å². The molecule has 2 atom stereocenters. The molecule has 0 radical (unpaired) electrons. The highest BCUT2D eigenvalue weighted by Crippen LogP contribution is 2.42. The summed E-state index contributed by atoms with van der Waals surface area (Å²) >= 11 is 1.58. The molecule has 1 aliphatic rings. The standard InChI is InChI=1S/C12H14F3NO2S2/c1-2-8-7-10(16-20(17,18)12(13,14)15)9-5-3-4-6-11(9)19-8/h3-6,8,10,16H,2,7H2,1H3/t8-,10+/m0/s1. The third kappa shape index (κ3) is 3.12. The smallest absolute Gasteiger partial charge is 0.203 e. The van der Waals surface area contributed by atoms with Crippen LogP contribution in [0.25, 0.3) is 0 Å². The van der Waals surface area contributed by atoms with Crippen molar-refractivity contribution in [2.45, 2.75) is 41.5 Å². The fraction of sp³-hybridized carbons (Fsp3) is 0.500. The molecule has 0 saturated carbocycles. The molecule has 0 aliphatic carbocycles. The summed E-state index contributed by atoms with van der Waals surface area (Å²) in [5.41, 5.74) is -4.68. The number of rotatable bonds is 3. The molecule has 1 N–H and O–H groups in total. The Labute approximate surface area is 120 Å². The van der Waals surface area contributed by atoms with Gasteiger partial charge in [0.1, 0.15) is 0 Å². The van der Waals surface area contributed by atoms with Crippen LogP contribution in [0.3, 0.4) is 0 Å². The maximum Gasteiger partial charge on any atom is 0.511 e. The van der Waals surface area contributed by atoms with Gasteiger partial charge in [-0.25, -0.2) is 8.42 Å². The number of nitrogens with one attached hydrogen (secondary N) is 1. The van der Waals surface area contributed by atoms with Gasteiger partial charge in [-0.2, -0.15) is 17.9 Å². The molecule has 0 fully saturated rings. The first-order valence-corrected chi connectivity index (χ1v) is 8.45. The molecule has 8 heteroatoms. The summed E-state index contributed by atoms with van der Waals surface area (Å²) in [6.45, 7) is 1.93. The second-order valence-corrected chi connectivity index (χ2v) is 7.59. The summed E-state index contributed by atoms with van der Waals surface area (Å²) in [5.74, 6) is 0. The molecule has 1 aromatic carbocycles. The minimum atomic E-state index is -5.33. The van der Waals surface area contributed by atoms with Crippen molar-refractivity contribution in [2.24, 2.45) is 0 Å². The molecule has 0 aromatic heterocycles. The third-order valence-electron chi connectivity index (χ3n) is 3.14. The van der Waals surface area contributed by atoms with Gasteiger partial charge in [0.05, 0.1) is 0 Å². The first kappa shape index (κ1) is 15.7. The molecule has 0 saturated heterocycles. The number of benzene rings is 1. The molecule has 1 aromatic rings. The maximum atomic E-state index is 12.5. The fourth-order valence-corrected chi connectivity index (χ4v) is 4.16. The lowest BCUT2D eigenvalue weighted by molar-refractivity contribution is -0.0451. The first-order valence-electron chi connectivity index (χ1n) is 6.08. The van der Waals surface area contributed by atoms with E-state index < -0.39 is 21.6 Å². The minimum Gasteiger partial charge on any atom is -0.203 e. The van der Waals surface area contributed by atoms with Crippen LogP contribution in [0.2, 0.25) is 0 Å². The lowest BCUT2D eigenvalue weighted by Crippen LogP contribution is -2.40. The van der Waals surface area contributed by atoms with E-state index in [0.29, 0.717) is 12.0 Å². The molecule has 20 heavy (non-hydrogen) atoms. The largest absolute Gasteiger partial charge is 0.511 e. The van der Waals surface area contributed by atoms with Crippen LogP contribution in [0.1, 0.15) is 31.4 Å². The van der Waals surface area contributed by atoms with Gasteiger partial charge in [0.25, 0.3) is 0 Å². The predicted octanol–water partition coefficient (Wildman–Crippen LogP) is 3.44. The number of sulfonamides is 1. The Kier molecular flexibility index (Phi) is 4.36. The van der Waals surface area contributed by atoms with Crippen molar-refractivity contribution in [3.63, 3.8) is 0 Å². The maximum absolute atomic E-state index is 12.5. The molecule has 3 nitrogen and oxygen atoms in total. The molecule has 0 spiro atoms. The van der Waals surface area contributed by atoms with Crippen LogP contribution >= 0.6 is 11.8 Å². The van der Waals surface area contributed by atoms with Gasteiger partial charge in [-0.3, -0.25) is 0 Å². The summed E-state index contributed by atoms with van der Waals surface area (Å²) in [4.78, 5) is 0.834. The Morgan fingerprint density at radius 3 is 2.60 bits per heavy atom. The van der Waals surface area contributed by atoms with Crippen LogP contribution in [-0.4, -0.2) is 19.2 Å². The van der Waals surface area contributed by atoms with Gasteiger partial charge in [0.2, 0.25) is 0 Å². The van der Waals surface area contributed by atoms with Crippen molar-refractivity contribution in [3.05, 3.63) is 29.8 Å². The zero-order valence-electron chi connectivity index (χ0n) is 10.6. The van der Waals surface area contributed by atoms with Crippen LogP contribution in [-0.2, 0) is 10.0 Å². The van der Waals surface area contributed by atoms with Crippen LogP contribution in [0.4, 0.5) is 13.2 Å². The number of hydrogen-bond acceptors (Lipinski definition) is 3. The first-order chi connectivity index (χ1) is 9.24. The monoisotopic (exact) mass is 325 g/mol. The lowest BCUT2D eigenvalue weighted by Gasteiger charge is -2.31. The summed E-state index contributed by atoms with van der Waals surface area (Å²) in [7, 11) is -5.33. The van der Waals surface area contributed by atoms with Gasteiger partial charge in [-0.15, -0.1) is 11.8 Å². The summed E-state index contributed by atoms with van der Waals surface area (Å²) < 4.78 is 61.8. The highest BCUT2D eigenvalue weighted by Gasteiger charge is 2.47. The van der Waals surface area contributed by atoms with Crippen LogP contribution in [0.15, 0.2) is 29.2 Å². The molecule has 0 amide bonds. The van der Waals surface area contributed by atoms with Gasteiger partial charge in [0, 0.05) is 16.2 Å². The molecule has 0 bridgehead atoms. The average Bonchev–Trinajstić information content (AvgIpc) is 2.36. The SMILES string of the molecule is CC[C@H]1C[C@@H](NS(=O)(=O)C(F)(F)F)c2ccccc2S1. The summed E-state index contributed by atoms with van der Waals surface area (Å²) in [6.07, 6.45) is 1.12. The van der Waals surface area contributed by atoms with Gasteiger partial charge < -0.3 is 0 Å². The van der Waals surface area contributed by atoms with E-state index in [1.807, 2.05) is 6.92 Å². The molecule has 0 unspecified atom stereocenters. The van der Waals surface area contributed by atoms with Crippen molar-refractivity contribution in [3.8, 4) is 0 Å². The van der Waals surface area contributed by atoms with E-state index in [1.165, 1.54) is 0 Å². The number of hydrogen-bond donors (Lipinski definition) is 1. The molecular formula is C12H14F3NO2S2. The minimum absolute atomic E-state index is 0.103. The molecule has 1 heterocycles. The fourth-order valence-electron chi connectivity index (χ4n) is 2.11. The lowest BCUT2D eigenvalue weighted by atomic mass is 10.0. The number of halogens is 3. The van der Waals surface area contributed by atoms with Crippen LogP contribution in [0, 0.1) is 0 Å². The van der Waals surface area contributed by atoms with Gasteiger partial charge in [-0.05, 0) is 24.5 Å².